The van der Waals surface area contributed by atoms with Crippen molar-refractivity contribution in [2.75, 3.05) is 5.32 Å². The minimum atomic E-state index is -0.251. The number of nitrogens with one attached hydrogen (secondary N) is 1. The second-order valence-corrected chi connectivity index (χ2v) is 4.14. The van der Waals surface area contributed by atoms with E-state index in [2.05, 4.69) is 11.4 Å². The Morgan fingerprint density at radius 1 is 1.22 bits per heavy atom. The van der Waals surface area contributed by atoms with Gasteiger partial charge in [-0.3, -0.25) is 0 Å². The van der Waals surface area contributed by atoms with Crippen molar-refractivity contribution in [3.05, 3.63) is 65.0 Å². The first-order chi connectivity index (χ1) is 8.69. The van der Waals surface area contributed by atoms with Crippen molar-refractivity contribution in [1.29, 1.82) is 5.26 Å². The van der Waals surface area contributed by atoms with Crippen LogP contribution in [0.4, 0.5) is 10.1 Å². The Labute approximate surface area is 106 Å². The topological polar surface area (TPSA) is 35.8 Å². The maximum atomic E-state index is 13.0. The second kappa shape index (κ2) is 5.33. The largest absolute Gasteiger partial charge is 0.380 e. The van der Waals surface area contributed by atoms with Crippen LogP contribution in [0.2, 0.25) is 0 Å². The lowest BCUT2D eigenvalue weighted by atomic mass is 10.1. The molecule has 3 heteroatoms. The molecule has 0 radical (unpaired) electrons. The quantitative estimate of drug-likeness (QED) is 0.889. The van der Waals surface area contributed by atoms with E-state index in [4.69, 9.17) is 5.26 Å². The van der Waals surface area contributed by atoms with E-state index < -0.39 is 0 Å². The maximum absolute atomic E-state index is 13.0. The molecule has 0 unspecified atom stereocenters. The Morgan fingerprint density at radius 3 is 2.78 bits per heavy atom. The fourth-order valence-electron chi connectivity index (χ4n) is 1.75. The summed E-state index contributed by atoms with van der Waals surface area (Å²) in [4.78, 5) is 0. The highest BCUT2D eigenvalue weighted by Crippen LogP contribution is 2.17. The van der Waals surface area contributed by atoms with Gasteiger partial charge in [0.05, 0.1) is 11.3 Å². The first-order valence-electron chi connectivity index (χ1n) is 5.68. The van der Waals surface area contributed by atoms with Crippen LogP contribution in [0.3, 0.4) is 0 Å². The molecule has 2 nitrogen and oxygen atoms in total. The molecular weight excluding hydrogens is 227 g/mol. The van der Waals surface area contributed by atoms with Crippen molar-refractivity contribution in [2.24, 2.45) is 0 Å². The molecule has 0 aliphatic rings. The molecule has 0 saturated carbocycles. The third kappa shape index (κ3) is 2.86. The third-order valence-corrected chi connectivity index (χ3v) is 2.67. The van der Waals surface area contributed by atoms with Crippen molar-refractivity contribution in [3.8, 4) is 6.07 Å². The van der Waals surface area contributed by atoms with Crippen molar-refractivity contribution in [1.82, 2.24) is 0 Å². The van der Waals surface area contributed by atoms with Crippen molar-refractivity contribution in [2.45, 2.75) is 13.5 Å². The van der Waals surface area contributed by atoms with Crippen LogP contribution in [-0.4, -0.2) is 0 Å². The van der Waals surface area contributed by atoms with Gasteiger partial charge in [0.1, 0.15) is 11.9 Å². The molecule has 0 amide bonds. The normalized spacial score (nSPS) is 9.83. The average Bonchev–Trinajstić information content (AvgIpc) is 2.37. The highest BCUT2D eigenvalue weighted by molar-refractivity contribution is 5.58. The molecule has 0 heterocycles. The number of benzene rings is 2. The van der Waals surface area contributed by atoms with Gasteiger partial charge in [0.15, 0.2) is 0 Å². The minimum absolute atomic E-state index is 0.251. The zero-order valence-corrected chi connectivity index (χ0v) is 10.1. The van der Waals surface area contributed by atoms with Crippen LogP contribution >= 0.6 is 0 Å². The Balaban J connectivity index is 2.14. The zero-order chi connectivity index (χ0) is 13.0. The molecule has 1 N–H and O–H groups in total. The van der Waals surface area contributed by atoms with Gasteiger partial charge in [-0.2, -0.15) is 5.26 Å². The van der Waals surface area contributed by atoms with E-state index in [9.17, 15) is 4.39 Å². The number of hydrogen-bond acceptors (Lipinski definition) is 2. The van der Waals surface area contributed by atoms with Gasteiger partial charge in [-0.25, -0.2) is 4.39 Å². The molecule has 0 aliphatic carbocycles. The zero-order valence-electron chi connectivity index (χ0n) is 10.1. The highest BCUT2D eigenvalue weighted by Gasteiger charge is 2.02. The van der Waals surface area contributed by atoms with Gasteiger partial charge in [0, 0.05) is 6.54 Å². The van der Waals surface area contributed by atoms with E-state index in [-0.39, 0.29) is 5.82 Å². The molecule has 0 saturated heterocycles. The monoisotopic (exact) mass is 240 g/mol. The van der Waals surface area contributed by atoms with Crippen molar-refractivity contribution >= 4 is 5.69 Å². The number of halogens is 1. The molecule has 18 heavy (non-hydrogen) atoms. The lowest BCUT2D eigenvalue weighted by Crippen LogP contribution is -2.01. The predicted molar refractivity (Wildman–Crippen MR) is 69.6 cm³/mol. The van der Waals surface area contributed by atoms with Gasteiger partial charge in [0.25, 0.3) is 0 Å². The minimum Gasteiger partial charge on any atom is -0.380 e. The molecule has 2 aromatic rings. The molecule has 2 aromatic carbocycles. The molecule has 0 aliphatic heterocycles. The first kappa shape index (κ1) is 12.1. The van der Waals surface area contributed by atoms with E-state index in [0.717, 1.165) is 16.8 Å². The molecule has 2 rings (SSSR count). The molecule has 90 valence electrons. The van der Waals surface area contributed by atoms with E-state index in [1.54, 1.807) is 6.07 Å². The van der Waals surface area contributed by atoms with E-state index >= 15 is 0 Å². The summed E-state index contributed by atoms with van der Waals surface area (Å²) in [6.07, 6.45) is 0. The molecular formula is C15H13FN2. The summed E-state index contributed by atoms with van der Waals surface area (Å²) in [6.45, 7) is 2.44. The van der Waals surface area contributed by atoms with Crippen LogP contribution in [0.15, 0.2) is 42.5 Å². The Kier molecular flexibility index (Phi) is 3.59. The maximum Gasteiger partial charge on any atom is 0.123 e. The van der Waals surface area contributed by atoms with Gasteiger partial charge >= 0.3 is 0 Å². The van der Waals surface area contributed by atoms with Crippen LogP contribution in [0.5, 0.6) is 0 Å². The van der Waals surface area contributed by atoms with Gasteiger partial charge in [-0.1, -0.05) is 18.2 Å². The Morgan fingerprint density at radius 2 is 2.06 bits per heavy atom. The fraction of sp³-hybridized carbons (Fsp3) is 0.133. The third-order valence-electron chi connectivity index (χ3n) is 2.67. The van der Waals surface area contributed by atoms with Crippen LogP contribution in [0.1, 0.15) is 16.7 Å². The first-order valence-corrected chi connectivity index (χ1v) is 5.68. The van der Waals surface area contributed by atoms with Gasteiger partial charge < -0.3 is 5.32 Å². The molecule has 0 aromatic heterocycles. The highest BCUT2D eigenvalue weighted by atomic mass is 19.1. The van der Waals surface area contributed by atoms with Crippen LogP contribution < -0.4 is 5.32 Å². The summed E-state index contributed by atoms with van der Waals surface area (Å²) >= 11 is 0. The van der Waals surface area contributed by atoms with Gasteiger partial charge in [-0.05, 0) is 42.3 Å². The summed E-state index contributed by atoms with van der Waals surface area (Å²) in [5.41, 5.74) is 3.26. The number of anilines is 1. The number of aryl methyl sites for hydroxylation is 1. The average molecular weight is 240 g/mol. The Hall–Kier alpha value is -2.34. The summed E-state index contributed by atoms with van der Waals surface area (Å²) in [5, 5.41) is 12.2. The lowest BCUT2D eigenvalue weighted by molar-refractivity contribution is 0.626. The van der Waals surface area contributed by atoms with Gasteiger partial charge in [-0.15, -0.1) is 0 Å². The van der Waals surface area contributed by atoms with Crippen LogP contribution in [0.25, 0.3) is 0 Å². The van der Waals surface area contributed by atoms with Crippen molar-refractivity contribution < 1.29 is 4.39 Å². The SMILES string of the molecule is Cc1ccc(NCc2cccc(F)c2)c(C#N)c1. The van der Waals surface area contributed by atoms with E-state index in [1.165, 1.54) is 12.1 Å². The smallest absolute Gasteiger partial charge is 0.123 e. The van der Waals surface area contributed by atoms with E-state index in [0.29, 0.717) is 12.1 Å². The standard InChI is InChI=1S/C15H13FN2/c1-11-5-6-15(13(7-11)9-17)18-10-12-3-2-4-14(16)8-12/h2-8,18H,10H2,1H3. The van der Waals surface area contributed by atoms with Crippen LogP contribution in [0, 0.1) is 24.1 Å². The molecule has 0 spiro atoms. The summed E-state index contributed by atoms with van der Waals surface area (Å²) in [6, 6.07) is 14.2. The summed E-state index contributed by atoms with van der Waals surface area (Å²) in [5.74, 6) is -0.251. The molecule has 0 atom stereocenters. The number of nitrogens with zero attached hydrogens (tertiary/aromatic N) is 1. The number of nitriles is 1. The van der Waals surface area contributed by atoms with Crippen LogP contribution in [-0.2, 0) is 6.54 Å². The number of rotatable bonds is 3. The number of hydrogen-bond donors (Lipinski definition) is 1. The van der Waals surface area contributed by atoms with Gasteiger partial charge in [0.2, 0.25) is 0 Å². The predicted octanol–water partition coefficient (Wildman–Crippen LogP) is 3.62. The van der Waals surface area contributed by atoms with E-state index in [1.807, 2.05) is 31.2 Å². The van der Waals surface area contributed by atoms with Crippen molar-refractivity contribution in [3.63, 3.8) is 0 Å². The molecule has 0 fully saturated rings. The summed E-state index contributed by atoms with van der Waals surface area (Å²) in [7, 11) is 0. The summed E-state index contributed by atoms with van der Waals surface area (Å²) < 4.78 is 13.0. The second-order valence-electron chi connectivity index (χ2n) is 4.14. The molecule has 0 bridgehead atoms. The lowest BCUT2D eigenvalue weighted by Gasteiger charge is -2.09. The Bertz CT molecular complexity index is 600. The fourth-order valence-corrected chi connectivity index (χ4v) is 1.75.